The lowest BCUT2D eigenvalue weighted by Gasteiger charge is -2.19. The SMILES string of the molecule is Cc1nn([C@@H](C)C(=O)N[C@@H](C)CCc2ccccc2)c(=O)c2c1sc1ccccc12. The maximum atomic E-state index is 13.2. The Hall–Kier alpha value is -2.99. The van der Waals surface area contributed by atoms with Crippen molar-refractivity contribution in [2.75, 3.05) is 0 Å². The summed E-state index contributed by atoms with van der Waals surface area (Å²) in [6, 6.07) is 17.4. The number of hydrogen-bond acceptors (Lipinski definition) is 4. The van der Waals surface area contributed by atoms with E-state index in [9.17, 15) is 9.59 Å². The zero-order valence-electron chi connectivity index (χ0n) is 17.4. The minimum atomic E-state index is -0.682. The van der Waals surface area contributed by atoms with Crippen molar-refractivity contribution in [1.82, 2.24) is 15.1 Å². The van der Waals surface area contributed by atoms with Gasteiger partial charge in [-0.2, -0.15) is 5.10 Å². The van der Waals surface area contributed by atoms with Gasteiger partial charge in [-0.3, -0.25) is 9.59 Å². The monoisotopic (exact) mass is 419 g/mol. The van der Waals surface area contributed by atoms with Crippen molar-refractivity contribution < 1.29 is 4.79 Å². The number of aromatic nitrogens is 2. The van der Waals surface area contributed by atoms with Crippen LogP contribution in [-0.2, 0) is 11.2 Å². The second-order valence-electron chi connectivity index (χ2n) is 7.75. The number of hydrogen-bond donors (Lipinski definition) is 1. The van der Waals surface area contributed by atoms with Crippen LogP contribution < -0.4 is 10.9 Å². The number of benzene rings is 2. The molecule has 0 aliphatic heterocycles. The summed E-state index contributed by atoms with van der Waals surface area (Å²) in [4.78, 5) is 26.1. The quantitative estimate of drug-likeness (QED) is 0.496. The molecule has 4 rings (SSSR count). The molecule has 6 heteroatoms. The van der Waals surface area contributed by atoms with Gasteiger partial charge in [0.05, 0.1) is 15.8 Å². The molecule has 2 aromatic heterocycles. The molecule has 1 amide bonds. The molecule has 30 heavy (non-hydrogen) atoms. The van der Waals surface area contributed by atoms with Crippen molar-refractivity contribution in [3.63, 3.8) is 0 Å². The van der Waals surface area contributed by atoms with Gasteiger partial charge in [-0.05, 0) is 45.2 Å². The summed E-state index contributed by atoms with van der Waals surface area (Å²) in [5, 5.41) is 9.08. The van der Waals surface area contributed by atoms with Gasteiger partial charge in [0.1, 0.15) is 6.04 Å². The van der Waals surface area contributed by atoms with E-state index in [1.807, 2.05) is 56.3 Å². The zero-order valence-corrected chi connectivity index (χ0v) is 18.2. The molecular weight excluding hydrogens is 394 g/mol. The van der Waals surface area contributed by atoms with Crippen LogP contribution in [0.25, 0.3) is 20.2 Å². The van der Waals surface area contributed by atoms with Crippen LogP contribution in [0, 0.1) is 6.92 Å². The largest absolute Gasteiger partial charge is 0.352 e. The van der Waals surface area contributed by atoms with Crippen LogP contribution in [0.5, 0.6) is 0 Å². The lowest BCUT2D eigenvalue weighted by molar-refractivity contribution is -0.124. The van der Waals surface area contributed by atoms with Crippen LogP contribution in [0.15, 0.2) is 59.4 Å². The number of aryl methyl sites for hydroxylation is 2. The van der Waals surface area contributed by atoms with E-state index in [1.165, 1.54) is 10.2 Å². The van der Waals surface area contributed by atoms with E-state index < -0.39 is 6.04 Å². The highest BCUT2D eigenvalue weighted by atomic mass is 32.1. The standard InChI is InChI=1S/C24H25N3O2S/c1-15(13-14-18-9-5-4-6-10-18)25-23(28)17(3)27-24(29)21-19-11-7-8-12-20(19)30-22(21)16(2)26-27/h4-12,15,17H,13-14H2,1-3H3,(H,25,28)/t15-,17-/m0/s1. The van der Waals surface area contributed by atoms with Gasteiger partial charge in [0, 0.05) is 16.1 Å². The van der Waals surface area contributed by atoms with Crippen LogP contribution in [0.4, 0.5) is 0 Å². The van der Waals surface area contributed by atoms with Crippen LogP contribution in [-0.4, -0.2) is 21.7 Å². The second kappa shape index (κ2) is 8.40. The van der Waals surface area contributed by atoms with E-state index >= 15 is 0 Å². The number of fused-ring (bicyclic) bond motifs is 3. The van der Waals surface area contributed by atoms with Crippen molar-refractivity contribution in [3.05, 3.63) is 76.2 Å². The molecule has 0 bridgehead atoms. The second-order valence-corrected chi connectivity index (χ2v) is 8.80. The number of nitrogens with one attached hydrogen (secondary N) is 1. The fourth-order valence-corrected chi connectivity index (χ4v) is 4.85. The smallest absolute Gasteiger partial charge is 0.276 e. The molecule has 0 spiro atoms. The van der Waals surface area contributed by atoms with Crippen LogP contribution in [0.1, 0.15) is 37.6 Å². The molecule has 0 saturated carbocycles. The van der Waals surface area contributed by atoms with E-state index in [1.54, 1.807) is 18.3 Å². The molecule has 0 unspecified atom stereocenters. The molecule has 1 N–H and O–H groups in total. The molecule has 0 saturated heterocycles. The Bertz CT molecular complexity index is 1260. The lowest BCUT2D eigenvalue weighted by atomic mass is 10.1. The maximum Gasteiger partial charge on any atom is 0.276 e. The fraction of sp³-hybridized carbons (Fsp3) is 0.292. The first-order valence-electron chi connectivity index (χ1n) is 10.2. The lowest BCUT2D eigenvalue weighted by Crippen LogP contribution is -2.41. The summed E-state index contributed by atoms with van der Waals surface area (Å²) in [6.07, 6.45) is 1.72. The number of thiophene rings is 1. The first-order valence-corrected chi connectivity index (χ1v) is 11.0. The highest BCUT2D eigenvalue weighted by Crippen LogP contribution is 2.32. The Morgan fingerprint density at radius 3 is 2.57 bits per heavy atom. The molecule has 0 radical (unpaired) electrons. The number of rotatable bonds is 6. The van der Waals surface area contributed by atoms with Crippen LogP contribution >= 0.6 is 11.3 Å². The Labute approximate surface area is 179 Å². The third kappa shape index (κ3) is 3.87. The number of nitrogens with zero attached hydrogens (tertiary/aromatic N) is 2. The van der Waals surface area contributed by atoms with Crippen LogP contribution in [0.3, 0.4) is 0 Å². The molecule has 0 fully saturated rings. The molecule has 2 heterocycles. The van der Waals surface area contributed by atoms with Gasteiger partial charge in [-0.15, -0.1) is 11.3 Å². The first-order chi connectivity index (χ1) is 14.5. The van der Waals surface area contributed by atoms with E-state index in [2.05, 4.69) is 22.5 Å². The Morgan fingerprint density at radius 1 is 1.10 bits per heavy atom. The average Bonchev–Trinajstić information content (AvgIpc) is 3.15. The van der Waals surface area contributed by atoms with E-state index in [4.69, 9.17) is 0 Å². The summed E-state index contributed by atoms with van der Waals surface area (Å²) in [5.41, 5.74) is 1.80. The summed E-state index contributed by atoms with van der Waals surface area (Å²) < 4.78 is 3.27. The summed E-state index contributed by atoms with van der Waals surface area (Å²) in [7, 11) is 0. The van der Waals surface area contributed by atoms with Crippen molar-refractivity contribution in [2.24, 2.45) is 0 Å². The fourth-order valence-electron chi connectivity index (χ4n) is 3.72. The molecule has 0 aliphatic rings. The molecule has 4 aromatic rings. The predicted molar refractivity (Wildman–Crippen MR) is 123 cm³/mol. The molecule has 154 valence electrons. The van der Waals surface area contributed by atoms with Crippen molar-refractivity contribution in [3.8, 4) is 0 Å². The zero-order chi connectivity index (χ0) is 21.3. The van der Waals surface area contributed by atoms with Gasteiger partial charge < -0.3 is 5.32 Å². The predicted octanol–water partition coefficient (Wildman–Crippen LogP) is 4.62. The van der Waals surface area contributed by atoms with Gasteiger partial charge in [0.15, 0.2) is 0 Å². The minimum Gasteiger partial charge on any atom is -0.352 e. The molecular formula is C24H25N3O2S. The average molecular weight is 420 g/mol. The Balaban J connectivity index is 1.55. The molecule has 2 atom stereocenters. The van der Waals surface area contributed by atoms with Gasteiger partial charge in [0.2, 0.25) is 5.91 Å². The highest BCUT2D eigenvalue weighted by Gasteiger charge is 2.22. The summed E-state index contributed by atoms with van der Waals surface area (Å²) >= 11 is 1.57. The Morgan fingerprint density at radius 2 is 1.80 bits per heavy atom. The number of carbonyl (C=O) groups is 1. The summed E-state index contributed by atoms with van der Waals surface area (Å²) in [5.74, 6) is -0.191. The van der Waals surface area contributed by atoms with Gasteiger partial charge >= 0.3 is 0 Å². The third-order valence-electron chi connectivity index (χ3n) is 5.45. The van der Waals surface area contributed by atoms with E-state index in [0.29, 0.717) is 5.39 Å². The first kappa shape index (κ1) is 20.3. The third-order valence-corrected chi connectivity index (χ3v) is 6.73. The number of amides is 1. The normalized spacial score (nSPS) is 13.4. The van der Waals surface area contributed by atoms with E-state index in [-0.39, 0.29) is 17.5 Å². The molecule has 0 aliphatic carbocycles. The van der Waals surface area contributed by atoms with Gasteiger partial charge in [-0.1, -0.05) is 48.5 Å². The van der Waals surface area contributed by atoms with Crippen LogP contribution in [0.2, 0.25) is 0 Å². The maximum absolute atomic E-state index is 13.2. The topological polar surface area (TPSA) is 64.0 Å². The van der Waals surface area contributed by atoms with Gasteiger partial charge in [0.25, 0.3) is 5.56 Å². The highest BCUT2D eigenvalue weighted by molar-refractivity contribution is 7.26. The Kier molecular flexibility index (Phi) is 5.68. The summed E-state index contributed by atoms with van der Waals surface area (Å²) in [6.45, 7) is 5.61. The van der Waals surface area contributed by atoms with E-state index in [0.717, 1.165) is 33.3 Å². The molecule has 5 nitrogen and oxygen atoms in total. The molecule has 2 aromatic carbocycles. The van der Waals surface area contributed by atoms with Crippen molar-refractivity contribution in [1.29, 1.82) is 0 Å². The van der Waals surface area contributed by atoms with Crippen molar-refractivity contribution in [2.45, 2.75) is 45.7 Å². The van der Waals surface area contributed by atoms with Gasteiger partial charge in [-0.25, -0.2) is 4.68 Å². The number of carbonyl (C=O) groups excluding carboxylic acids is 1. The van der Waals surface area contributed by atoms with Crippen molar-refractivity contribution >= 4 is 37.4 Å². The minimum absolute atomic E-state index is 0.00247.